The van der Waals surface area contributed by atoms with Crippen LogP contribution in [0.5, 0.6) is 5.88 Å². The molecule has 0 aliphatic rings. The van der Waals surface area contributed by atoms with Gasteiger partial charge in [0.25, 0.3) is 0 Å². The fraction of sp³-hybridized carbons (Fsp3) is 0.143. The number of rotatable bonds is 4. The number of hydrogen-bond donors (Lipinski definition) is 2. The van der Waals surface area contributed by atoms with E-state index >= 15 is 0 Å². The molecule has 7 heteroatoms. The molecule has 0 saturated heterocycles. The van der Waals surface area contributed by atoms with Crippen molar-refractivity contribution in [1.82, 2.24) is 14.5 Å². The van der Waals surface area contributed by atoms with Crippen LogP contribution in [0.3, 0.4) is 0 Å². The first-order valence-electron chi connectivity index (χ1n) is 6.48. The molecular formula is C14H14BN3O3. The number of imidazole rings is 1. The van der Waals surface area contributed by atoms with Gasteiger partial charge in [0.15, 0.2) is 5.65 Å². The zero-order valence-corrected chi connectivity index (χ0v) is 11.5. The van der Waals surface area contributed by atoms with E-state index < -0.39 is 7.12 Å². The molecule has 106 valence electrons. The van der Waals surface area contributed by atoms with Gasteiger partial charge in [0.1, 0.15) is 5.52 Å². The van der Waals surface area contributed by atoms with Crippen molar-refractivity contribution in [3.8, 4) is 5.88 Å². The Kier molecular flexibility index (Phi) is 3.59. The van der Waals surface area contributed by atoms with E-state index in [0.29, 0.717) is 17.9 Å². The van der Waals surface area contributed by atoms with Crippen LogP contribution in [0.15, 0.2) is 42.7 Å². The third kappa shape index (κ3) is 2.74. The molecule has 1 aromatic carbocycles. The number of pyridine rings is 1. The fourth-order valence-corrected chi connectivity index (χ4v) is 2.14. The maximum atomic E-state index is 9.09. The van der Waals surface area contributed by atoms with E-state index in [2.05, 4.69) is 9.97 Å². The van der Waals surface area contributed by atoms with Crippen LogP contribution >= 0.6 is 0 Å². The Morgan fingerprint density at radius 3 is 2.57 bits per heavy atom. The molecule has 2 N–H and O–H groups in total. The molecule has 0 spiro atoms. The Morgan fingerprint density at radius 2 is 1.90 bits per heavy atom. The predicted octanol–water partition coefficient (Wildman–Crippen LogP) is 0.168. The largest absolute Gasteiger partial charge is 0.488 e. The van der Waals surface area contributed by atoms with E-state index in [1.807, 2.05) is 22.8 Å². The number of nitrogens with zero attached hydrogens (tertiary/aromatic N) is 3. The summed E-state index contributed by atoms with van der Waals surface area (Å²) in [6.07, 6.45) is 1.73. The SMILES string of the molecule is COc1ccc2ncn(Cc3ccc(B(O)O)cc3)c2n1. The van der Waals surface area contributed by atoms with E-state index in [1.165, 1.54) is 0 Å². The lowest BCUT2D eigenvalue weighted by atomic mass is 9.80. The van der Waals surface area contributed by atoms with Crippen molar-refractivity contribution >= 4 is 23.7 Å². The Bertz CT molecular complexity index is 756. The van der Waals surface area contributed by atoms with E-state index in [1.54, 1.807) is 31.6 Å². The van der Waals surface area contributed by atoms with Crippen LogP contribution < -0.4 is 10.2 Å². The van der Waals surface area contributed by atoms with Crippen molar-refractivity contribution < 1.29 is 14.8 Å². The second kappa shape index (κ2) is 5.55. The Balaban J connectivity index is 1.90. The average Bonchev–Trinajstić information content (AvgIpc) is 2.90. The van der Waals surface area contributed by atoms with Gasteiger partial charge in [-0.05, 0) is 17.1 Å². The molecule has 2 heterocycles. The molecule has 0 atom stereocenters. The normalized spacial score (nSPS) is 10.8. The van der Waals surface area contributed by atoms with Crippen LogP contribution in [-0.4, -0.2) is 38.8 Å². The molecule has 0 bridgehead atoms. The zero-order valence-electron chi connectivity index (χ0n) is 11.5. The molecule has 3 rings (SSSR count). The first kappa shape index (κ1) is 13.6. The molecule has 0 fully saturated rings. The number of benzene rings is 1. The molecule has 2 aromatic heterocycles. The Morgan fingerprint density at radius 1 is 1.14 bits per heavy atom. The van der Waals surface area contributed by atoms with Gasteiger partial charge in [0, 0.05) is 6.07 Å². The summed E-state index contributed by atoms with van der Waals surface area (Å²) in [7, 11) is 0.132. The lowest BCUT2D eigenvalue weighted by molar-refractivity contribution is 0.399. The van der Waals surface area contributed by atoms with Crippen molar-refractivity contribution in [2.75, 3.05) is 7.11 Å². The summed E-state index contributed by atoms with van der Waals surface area (Å²) in [5.41, 5.74) is 3.04. The minimum absolute atomic E-state index is 0.467. The van der Waals surface area contributed by atoms with Crippen molar-refractivity contribution in [2.24, 2.45) is 0 Å². The summed E-state index contributed by atoms with van der Waals surface area (Å²) in [5, 5.41) is 18.2. The molecule has 6 nitrogen and oxygen atoms in total. The summed E-state index contributed by atoms with van der Waals surface area (Å²) in [4.78, 5) is 8.69. The minimum atomic E-state index is -1.45. The van der Waals surface area contributed by atoms with Gasteiger partial charge in [0.05, 0.1) is 20.0 Å². The maximum absolute atomic E-state index is 9.09. The highest BCUT2D eigenvalue weighted by atomic mass is 16.5. The third-order valence-electron chi connectivity index (χ3n) is 3.28. The molecular weight excluding hydrogens is 269 g/mol. The van der Waals surface area contributed by atoms with E-state index in [9.17, 15) is 0 Å². The monoisotopic (exact) mass is 283 g/mol. The second-order valence-electron chi connectivity index (χ2n) is 4.68. The molecule has 0 saturated carbocycles. The standard InChI is InChI=1S/C14H14BN3O3/c1-21-13-7-6-12-14(17-13)18(9-16-12)8-10-2-4-11(5-3-10)15(19)20/h2-7,9,19-20H,8H2,1H3. The molecule has 0 amide bonds. The lowest BCUT2D eigenvalue weighted by Crippen LogP contribution is -2.29. The highest BCUT2D eigenvalue weighted by molar-refractivity contribution is 6.58. The molecule has 0 aliphatic carbocycles. The van der Waals surface area contributed by atoms with Crippen LogP contribution in [0.1, 0.15) is 5.56 Å². The van der Waals surface area contributed by atoms with Crippen LogP contribution in [0.25, 0.3) is 11.2 Å². The molecule has 3 aromatic rings. The van der Waals surface area contributed by atoms with Crippen LogP contribution in [-0.2, 0) is 6.54 Å². The van der Waals surface area contributed by atoms with Gasteiger partial charge in [0.2, 0.25) is 5.88 Å². The molecule has 0 radical (unpaired) electrons. The van der Waals surface area contributed by atoms with E-state index in [-0.39, 0.29) is 0 Å². The molecule has 21 heavy (non-hydrogen) atoms. The first-order valence-corrected chi connectivity index (χ1v) is 6.48. The number of aromatic nitrogens is 3. The van der Waals surface area contributed by atoms with E-state index in [4.69, 9.17) is 14.8 Å². The van der Waals surface area contributed by atoms with Crippen molar-refractivity contribution in [3.63, 3.8) is 0 Å². The van der Waals surface area contributed by atoms with Crippen LogP contribution in [0.4, 0.5) is 0 Å². The molecule has 0 unspecified atom stereocenters. The van der Waals surface area contributed by atoms with E-state index in [0.717, 1.165) is 16.7 Å². The maximum Gasteiger partial charge on any atom is 0.488 e. The Hall–Kier alpha value is -2.38. The van der Waals surface area contributed by atoms with Gasteiger partial charge in [-0.2, -0.15) is 4.98 Å². The quantitative estimate of drug-likeness (QED) is 0.667. The van der Waals surface area contributed by atoms with Crippen LogP contribution in [0.2, 0.25) is 0 Å². The highest BCUT2D eigenvalue weighted by Gasteiger charge is 2.10. The van der Waals surface area contributed by atoms with Crippen molar-refractivity contribution in [1.29, 1.82) is 0 Å². The van der Waals surface area contributed by atoms with Crippen molar-refractivity contribution in [2.45, 2.75) is 6.54 Å². The van der Waals surface area contributed by atoms with Gasteiger partial charge in [-0.1, -0.05) is 24.3 Å². The van der Waals surface area contributed by atoms with Crippen molar-refractivity contribution in [3.05, 3.63) is 48.3 Å². The van der Waals surface area contributed by atoms with Gasteiger partial charge < -0.3 is 19.4 Å². The number of fused-ring (bicyclic) bond motifs is 1. The number of ether oxygens (including phenoxy) is 1. The second-order valence-corrected chi connectivity index (χ2v) is 4.68. The smallest absolute Gasteiger partial charge is 0.481 e. The molecule has 0 aliphatic heterocycles. The summed E-state index contributed by atoms with van der Waals surface area (Å²) in [6.45, 7) is 0.596. The van der Waals surface area contributed by atoms with Gasteiger partial charge in [-0.15, -0.1) is 0 Å². The fourth-order valence-electron chi connectivity index (χ4n) is 2.14. The summed E-state index contributed by atoms with van der Waals surface area (Å²) in [5.74, 6) is 0.544. The van der Waals surface area contributed by atoms with Gasteiger partial charge in [-0.3, -0.25) is 0 Å². The third-order valence-corrected chi connectivity index (χ3v) is 3.28. The Labute approximate surface area is 121 Å². The summed E-state index contributed by atoms with van der Waals surface area (Å²) < 4.78 is 7.05. The number of methoxy groups -OCH3 is 1. The topological polar surface area (TPSA) is 80.4 Å². The summed E-state index contributed by atoms with van der Waals surface area (Å²) in [6, 6.07) is 10.7. The van der Waals surface area contributed by atoms with Gasteiger partial charge in [-0.25, -0.2) is 4.98 Å². The minimum Gasteiger partial charge on any atom is -0.481 e. The first-order chi connectivity index (χ1) is 10.2. The average molecular weight is 283 g/mol. The number of hydrogen-bond acceptors (Lipinski definition) is 5. The highest BCUT2D eigenvalue weighted by Crippen LogP contribution is 2.16. The summed E-state index contributed by atoms with van der Waals surface area (Å²) >= 11 is 0. The predicted molar refractivity (Wildman–Crippen MR) is 79.4 cm³/mol. The van der Waals surface area contributed by atoms with Gasteiger partial charge >= 0.3 is 7.12 Å². The van der Waals surface area contributed by atoms with Crippen LogP contribution in [0, 0.1) is 0 Å². The zero-order chi connectivity index (χ0) is 14.8. The lowest BCUT2D eigenvalue weighted by Gasteiger charge is -2.06.